The van der Waals surface area contributed by atoms with E-state index in [0.29, 0.717) is 0 Å². The Hall–Kier alpha value is -1.72. The molecule has 2 aliphatic rings. The number of benzene rings is 2. The van der Waals surface area contributed by atoms with Crippen molar-refractivity contribution in [2.45, 2.75) is 39.5 Å². The van der Waals surface area contributed by atoms with Crippen LogP contribution in [-0.4, -0.2) is 0 Å². The molecule has 2 aliphatic carbocycles. The van der Waals surface area contributed by atoms with Gasteiger partial charge in [0.1, 0.15) is 0 Å². The zero-order valence-electron chi connectivity index (χ0n) is 16.3. The number of allylic oxidation sites excluding steroid dienone is 8. The molecule has 4 rings (SSSR count). The fourth-order valence-corrected chi connectivity index (χ4v) is 7.83. The molecule has 27 heavy (non-hydrogen) atoms. The molecule has 0 saturated carbocycles. The van der Waals surface area contributed by atoms with Crippen LogP contribution < -0.4 is 0 Å². The Kier molecular flexibility index (Phi) is 5.89. The van der Waals surface area contributed by atoms with Gasteiger partial charge in [0, 0.05) is 0 Å². The minimum absolute atomic E-state index is 0.771. The van der Waals surface area contributed by atoms with E-state index < -0.39 is 23.2 Å². The molecule has 0 saturated heterocycles. The molecule has 0 atom stereocenters. The molecule has 2 aromatic rings. The van der Waals surface area contributed by atoms with Gasteiger partial charge in [-0.1, -0.05) is 0 Å². The van der Waals surface area contributed by atoms with E-state index in [9.17, 15) is 0 Å². The third-order valence-corrected chi connectivity index (χ3v) is 9.35. The second-order valence-corrected chi connectivity index (χ2v) is 10.7. The molecular weight excluding hydrogens is 404 g/mol. The predicted octanol–water partition coefficient (Wildman–Crippen LogP) is 6.94. The normalized spacial score (nSPS) is 15.9. The molecule has 0 nitrogen and oxygen atoms in total. The van der Waals surface area contributed by atoms with Crippen molar-refractivity contribution in [3.05, 3.63) is 102 Å². The monoisotopic (exact) mass is 428 g/mol. The van der Waals surface area contributed by atoms with Gasteiger partial charge in [-0.3, -0.25) is 0 Å². The van der Waals surface area contributed by atoms with Gasteiger partial charge in [0.15, 0.2) is 0 Å². The summed E-state index contributed by atoms with van der Waals surface area (Å²) in [6.07, 6.45) is 14.0. The van der Waals surface area contributed by atoms with Crippen LogP contribution in [-0.2, 0) is 36.1 Å². The Morgan fingerprint density at radius 1 is 0.667 bits per heavy atom. The summed E-state index contributed by atoms with van der Waals surface area (Å²) in [5.41, 5.74) is 8.94. The molecule has 0 N–H and O–H groups in total. The van der Waals surface area contributed by atoms with Gasteiger partial charge in [-0.05, 0) is 0 Å². The van der Waals surface area contributed by atoms with Crippen LogP contribution in [0.3, 0.4) is 0 Å². The molecule has 1 heteroatoms. The molecule has 0 fully saturated rings. The van der Waals surface area contributed by atoms with E-state index >= 15 is 0 Å². The average Bonchev–Trinajstić information content (AvgIpc) is 3.37. The fourth-order valence-electron chi connectivity index (χ4n) is 4.12. The van der Waals surface area contributed by atoms with Gasteiger partial charge in [0.2, 0.25) is 0 Å². The van der Waals surface area contributed by atoms with E-state index in [1.165, 1.54) is 33.4 Å². The SMILES string of the molecule is CCc1ccccc1C1=[C]([Zr][C]2=C(c3ccccc3CC)C=CC2)CC=C1. The van der Waals surface area contributed by atoms with Crippen LogP contribution in [0.25, 0.3) is 11.1 Å². The van der Waals surface area contributed by atoms with Crippen molar-refractivity contribution in [2.75, 3.05) is 0 Å². The second-order valence-electron chi connectivity index (χ2n) is 7.14. The number of rotatable bonds is 6. The van der Waals surface area contributed by atoms with Crippen LogP contribution in [0, 0.1) is 0 Å². The van der Waals surface area contributed by atoms with Crippen LogP contribution in [0.15, 0.2) is 79.4 Å². The van der Waals surface area contributed by atoms with Gasteiger partial charge in [-0.15, -0.1) is 0 Å². The van der Waals surface area contributed by atoms with Crippen LogP contribution in [0.1, 0.15) is 48.9 Å². The van der Waals surface area contributed by atoms with Crippen molar-refractivity contribution >= 4 is 11.1 Å². The molecule has 0 bridgehead atoms. The van der Waals surface area contributed by atoms with Crippen molar-refractivity contribution in [2.24, 2.45) is 0 Å². The van der Waals surface area contributed by atoms with Crippen molar-refractivity contribution in [1.29, 1.82) is 0 Å². The Morgan fingerprint density at radius 2 is 1.11 bits per heavy atom. The van der Waals surface area contributed by atoms with Crippen LogP contribution in [0.2, 0.25) is 0 Å². The average molecular weight is 430 g/mol. The molecule has 0 radical (unpaired) electrons. The molecule has 0 amide bonds. The van der Waals surface area contributed by atoms with Crippen LogP contribution in [0.5, 0.6) is 0 Å². The van der Waals surface area contributed by atoms with Crippen LogP contribution >= 0.6 is 0 Å². The van der Waals surface area contributed by atoms with Crippen molar-refractivity contribution in [1.82, 2.24) is 0 Å². The third kappa shape index (κ3) is 3.81. The van der Waals surface area contributed by atoms with E-state index in [1.54, 1.807) is 6.56 Å². The molecule has 0 heterocycles. The molecule has 134 valence electrons. The molecule has 0 unspecified atom stereocenters. The zero-order valence-corrected chi connectivity index (χ0v) is 18.7. The third-order valence-electron chi connectivity index (χ3n) is 5.54. The predicted molar refractivity (Wildman–Crippen MR) is 113 cm³/mol. The van der Waals surface area contributed by atoms with Crippen molar-refractivity contribution in [3.8, 4) is 0 Å². The summed E-state index contributed by atoms with van der Waals surface area (Å²) in [5.74, 6) is 0. The quantitative estimate of drug-likeness (QED) is 0.467. The Balaban J connectivity index is 1.72. The van der Waals surface area contributed by atoms with Gasteiger partial charge < -0.3 is 0 Å². The summed E-state index contributed by atoms with van der Waals surface area (Å²) in [4.78, 5) is 0. The fraction of sp³-hybridized carbons (Fsp3) is 0.231. The second kappa shape index (κ2) is 8.53. The standard InChI is InChI=1S/2C13H13.Zr/c2*1-2-11-7-5-6-10-13(11)12-8-3-4-9-12;/h2*3,5-8,10H,2,4H2,1H3;. The van der Waals surface area contributed by atoms with Crippen molar-refractivity contribution in [3.63, 3.8) is 0 Å². The molecule has 0 spiro atoms. The van der Waals surface area contributed by atoms with E-state index in [1.807, 2.05) is 0 Å². The maximum atomic E-state index is 2.38. The van der Waals surface area contributed by atoms with Crippen molar-refractivity contribution < 1.29 is 23.2 Å². The first-order chi connectivity index (χ1) is 13.3. The summed E-state index contributed by atoms with van der Waals surface area (Å²) in [6, 6.07) is 17.9. The summed E-state index contributed by atoms with van der Waals surface area (Å²) in [5, 5.41) is 0. The summed E-state index contributed by atoms with van der Waals surface area (Å²) in [7, 11) is 0. The van der Waals surface area contributed by atoms with Gasteiger partial charge in [-0.2, -0.15) is 0 Å². The maximum absolute atomic E-state index is 2.38. The van der Waals surface area contributed by atoms with E-state index in [-0.39, 0.29) is 0 Å². The van der Waals surface area contributed by atoms with Gasteiger partial charge in [0.05, 0.1) is 0 Å². The first-order valence-corrected chi connectivity index (χ1v) is 12.5. The summed E-state index contributed by atoms with van der Waals surface area (Å²) < 4.78 is 3.48. The van der Waals surface area contributed by atoms with Crippen LogP contribution in [0.4, 0.5) is 0 Å². The van der Waals surface area contributed by atoms with E-state index in [4.69, 9.17) is 0 Å². The summed E-state index contributed by atoms with van der Waals surface area (Å²) in [6.45, 7) is 4.53. The number of hydrogen-bond donors (Lipinski definition) is 0. The molecule has 0 aliphatic heterocycles. The molecule has 0 aromatic heterocycles. The summed E-state index contributed by atoms with van der Waals surface area (Å²) >= 11 is -0.771. The van der Waals surface area contributed by atoms with Gasteiger partial charge in [0.25, 0.3) is 0 Å². The molecule has 2 aromatic carbocycles. The van der Waals surface area contributed by atoms with E-state index in [2.05, 4.69) is 86.7 Å². The Morgan fingerprint density at radius 3 is 1.56 bits per heavy atom. The Bertz CT molecular complexity index is 890. The first-order valence-electron chi connectivity index (χ1n) is 10.0. The topological polar surface area (TPSA) is 0 Å². The first kappa shape index (κ1) is 18.6. The molecular formula is C26H26Zr. The zero-order chi connectivity index (χ0) is 18.6. The minimum atomic E-state index is -0.771. The number of aryl methyl sites for hydroxylation is 2. The van der Waals surface area contributed by atoms with E-state index in [0.717, 1.165) is 25.7 Å². The number of hydrogen-bond acceptors (Lipinski definition) is 0. The Labute approximate surface area is 175 Å². The van der Waals surface area contributed by atoms with Gasteiger partial charge >= 0.3 is 176 Å². The van der Waals surface area contributed by atoms with Gasteiger partial charge in [-0.25, -0.2) is 0 Å².